The van der Waals surface area contributed by atoms with E-state index in [1.165, 1.54) is 37.9 Å². The Labute approximate surface area is 241 Å². The van der Waals surface area contributed by atoms with Crippen molar-refractivity contribution >= 4 is 57.2 Å². The van der Waals surface area contributed by atoms with Gasteiger partial charge in [0.25, 0.3) is 0 Å². The summed E-state index contributed by atoms with van der Waals surface area (Å²) >= 11 is 1.72. The number of fused-ring (bicyclic) bond motifs is 4. The number of hydrogen-bond acceptors (Lipinski definition) is 2. The highest BCUT2D eigenvalue weighted by Crippen LogP contribution is 2.54. The summed E-state index contributed by atoms with van der Waals surface area (Å²) in [5, 5.41) is 2.29. The minimum Gasteiger partial charge on any atom is -0.309 e. The van der Waals surface area contributed by atoms with Crippen LogP contribution in [0.25, 0.3) is 45.6 Å². The molecule has 1 aromatic heterocycles. The first kappa shape index (κ1) is 25.9. The molecule has 40 heavy (non-hydrogen) atoms. The Kier molecular flexibility index (Phi) is 6.24. The number of aryl methyl sites for hydroxylation is 1. The second-order valence-corrected chi connectivity index (χ2v) is 12.0. The molecule has 5 aromatic rings. The minimum absolute atomic E-state index is 0.174. The van der Waals surface area contributed by atoms with E-state index in [0.717, 1.165) is 37.9 Å². The van der Waals surface area contributed by atoms with E-state index in [4.69, 9.17) is 0 Å². The fourth-order valence-corrected chi connectivity index (χ4v) is 7.31. The van der Waals surface area contributed by atoms with Gasteiger partial charge in [0.05, 0.1) is 11.4 Å². The lowest BCUT2D eigenvalue weighted by Gasteiger charge is -2.31. The zero-order valence-electron chi connectivity index (χ0n) is 23.4. The summed E-state index contributed by atoms with van der Waals surface area (Å²) in [5.74, 6) is 0. The molecule has 0 saturated heterocycles. The van der Waals surface area contributed by atoms with E-state index in [0.29, 0.717) is 0 Å². The van der Waals surface area contributed by atoms with Gasteiger partial charge in [0.15, 0.2) is 0 Å². The highest BCUT2D eigenvalue weighted by molar-refractivity contribution is 7.17. The monoisotopic (exact) mass is 535 g/mol. The Morgan fingerprint density at radius 3 is 2.23 bits per heavy atom. The van der Waals surface area contributed by atoms with E-state index in [2.05, 4.69) is 131 Å². The normalized spacial score (nSPS) is 13.9. The molecule has 1 heterocycles. The molecule has 1 nitrogen and oxygen atoms in total. The molecule has 0 fully saturated rings. The maximum Gasteiger partial charge on any atom is 0.0548 e. The first-order chi connectivity index (χ1) is 19.3. The molecule has 1 aliphatic carbocycles. The molecular formula is C38H33NS. The third kappa shape index (κ3) is 3.75. The van der Waals surface area contributed by atoms with Crippen molar-refractivity contribution in [3.05, 3.63) is 142 Å². The number of para-hydroxylation sites is 1. The van der Waals surface area contributed by atoms with Gasteiger partial charge in [-0.25, -0.2) is 0 Å². The van der Waals surface area contributed by atoms with Crippen LogP contribution < -0.4 is 14.7 Å². The van der Waals surface area contributed by atoms with Gasteiger partial charge in [-0.2, -0.15) is 0 Å². The Bertz CT molecular complexity index is 1950. The SMILES string of the molecule is C=C/C(=c1\c(=C)sc2ccccc12)N(c1ccccc1)c1cc2c(c(C=C)c1C=C)-c1ccc(C)cc1C2(C)C. The Hall–Kier alpha value is -4.40. The van der Waals surface area contributed by atoms with Crippen molar-refractivity contribution in [1.29, 1.82) is 0 Å². The number of rotatable bonds is 6. The van der Waals surface area contributed by atoms with E-state index in [1.807, 2.05) is 18.2 Å². The largest absolute Gasteiger partial charge is 0.309 e. The zero-order chi connectivity index (χ0) is 28.2. The van der Waals surface area contributed by atoms with Crippen LogP contribution in [0, 0.1) is 6.92 Å². The van der Waals surface area contributed by atoms with Crippen LogP contribution in [0.5, 0.6) is 0 Å². The second-order valence-electron chi connectivity index (χ2n) is 10.9. The van der Waals surface area contributed by atoms with Crippen LogP contribution in [0.3, 0.4) is 0 Å². The molecule has 0 amide bonds. The minimum atomic E-state index is -0.174. The lowest BCUT2D eigenvalue weighted by molar-refractivity contribution is 0.659. The number of hydrogen-bond donors (Lipinski definition) is 0. The predicted octanol–water partition coefficient (Wildman–Crippen LogP) is 9.34. The van der Waals surface area contributed by atoms with Crippen molar-refractivity contribution in [2.45, 2.75) is 26.2 Å². The predicted molar refractivity (Wildman–Crippen MR) is 178 cm³/mol. The van der Waals surface area contributed by atoms with Crippen LogP contribution in [0.15, 0.2) is 105 Å². The van der Waals surface area contributed by atoms with E-state index < -0.39 is 0 Å². The van der Waals surface area contributed by atoms with Crippen LogP contribution in [0.2, 0.25) is 0 Å². The molecule has 0 unspecified atom stereocenters. The number of anilines is 2. The van der Waals surface area contributed by atoms with Crippen molar-refractivity contribution in [2.75, 3.05) is 4.90 Å². The third-order valence-electron chi connectivity index (χ3n) is 8.20. The Morgan fingerprint density at radius 2 is 1.52 bits per heavy atom. The summed E-state index contributed by atoms with van der Waals surface area (Å²) in [6, 6.07) is 28.2. The summed E-state index contributed by atoms with van der Waals surface area (Å²) < 4.78 is 2.23. The molecule has 0 spiro atoms. The molecule has 196 valence electrons. The highest BCUT2D eigenvalue weighted by atomic mass is 32.1. The smallest absolute Gasteiger partial charge is 0.0548 e. The molecule has 0 N–H and O–H groups in total. The number of nitrogens with zero attached hydrogens (tertiary/aromatic N) is 1. The van der Waals surface area contributed by atoms with Gasteiger partial charge in [-0.1, -0.05) is 112 Å². The molecule has 6 rings (SSSR count). The molecule has 1 aliphatic rings. The van der Waals surface area contributed by atoms with Gasteiger partial charge in [0, 0.05) is 36.5 Å². The highest BCUT2D eigenvalue weighted by Gasteiger charge is 2.38. The van der Waals surface area contributed by atoms with Crippen LogP contribution in [-0.2, 0) is 5.41 Å². The lowest BCUT2D eigenvalue weighted by atomic mass is 9.80. The third-order valence-corrected chi connectivity index (χ3v) is 9.23. The van der Waals surface area contributed by atoms with Gasteiger partial charge in [-0.3, -0.25) is 0 Å². The summed E-state index contributed by atoms with van der Waals surface area (Å²) in [7, 11) is 0. The Balaban J connectivity index is 1.78. The van der Waals surface area contributed by atoms with Crippen LogP contribution in [0.4, 0.5) is 11.4 Å². The van der Waals surface area contributed by atoms with Crippen molar-refractivity contribution in [3.8, 4) is 11.1 Å². The van der Waals surface area contributed by atoms with Gasteiger partial charge in [0.2, 0.25) is 0 Å². The van der Waals surface area contributed by atoms with E-state index in [-0.39, 0.29) is 5.41 Å². The average Bonchev–Trinajstić information content (AvgIpc) is 3.41. The second kappa shape index (κ2) is 9.66. The molecule has 0 atom stereocenters. The van der Waals surface area contributed by atoms with E-state index in [9.17, 15) is 0 Å². The molecule has 4 aromatic carbocycles. The molecular weight excluding hydrogens is 502 g/mol. The van der Waals surface area contributed by atoms with Gasteiger partial charge >= 0.3 is 0 Å². The maximum atomic E-state index is 4.48. The molecule has 2 heteroatoms. The van der Waals surface area contributed by atoms with E-state index in [1.54, 1.807) is 11.3 Å². The quantitative estimate of drug-likeness (QED) is 0.209. The fourth-order valence-electron chi connectivity index (χ4n) is 6.30. The average molecular weight is 536 g/mol. The van der Waals surface area contributed by atoms with Gasteiger partial charge < -0.3 is 4.90 Å². The van der Waals surface area contributed by atoms with Gasteiger partial charge in [-0.05, 0) is 65.1 Å². The molecule has 0 bridgehead atoms. The van der Waals surface area contributed by atoms with Crippen molar-refractivity contribution in [3.63, 3.8) is 0 Å². The molecule has 0 saturated carbocycles. The summed E-state index contributed by atoms with van der Waals surface area (Å²) in [4.78, 5) is 2.32. The van der Waals surface area contributed by atoms with E-state index >= 15 is 0 Å². The summed E-state index contributed by atoms with van der Waals surface area (Å²) in [6.45, 7) is 24.2. The number of thiophene rings is 1. The first-order valence-electron chi connectivity index (χ1n) is 13.6. The number of benzene rings is 4. The van der Waals surface area contributed by atoms with Crippen LogP contribution in [-0.4, -0.2) is 0 Å². The van der Waals surface area contributed by atoms with Crippen molar-refractivity contribution in [2.24, 2.45) is 0 Å². The lowest BCUT2D eigenvalue weighted by Crippen LogP contribution is -2.29. The van der Waals surface area contributed by atoms with Crippen LogP contribution in [0.1, 0.15) is 41.7 Å². The van der Waals surface area contributed by atoms with Crippen molar-refractivity contribution in [1.82, 2.24) is 0 Å². The maximum absolute atomic E-state index is 4.48. The molecule has 0 radical (unpaired) electrons. The standard InChI is InChI=1S/C38H33NS/c1-8-27-28(9-2)37-29-21-20-24(4)22-31(29)38(6,7)32(37)23-34(27)39(26-16-12-11-13-17-26)33(10-3)36-25(5)40-35-19-15-14-18-30(35)36/h8-23H,1-3,5H2,4,6-7H3/b36-33-. The summed E-state index contributed by atoms with van der Waals surface area (Å²) in [6.07, 6.45) is 5.93. The van der Waals surface area contributed by atoms with Gasteiger partial charge in [0.1, 0.15) is 0 Å². The summed E-state index contributed by atoms with van der Waals surface area (Å²) in [5.41, 5.74) is 11.5. The molecule has 0 aliphatic heterocycles. The van der Waals surface area contributed by atoms with Crippen molar-refractivity contribution < 1.29 is 0 Å². The zero-order valence-corrected chi connectivity index (χ0v) is 24.2. The van der Waals surface area contributed by atoms with Gasteiger partial charge in [-0.15, -0.1) is 11.3 Å². The first-order valence-corrected chi connectivity index (χ1v) is 14.4. The topological polar surface area (TPSA) is 3.24 Å². The van der Waals surface area contributed by atoms with Crippen LogP contribution >= 0.6 is 11.3 Å². The Morgan fingerprint density at radius 1 is 0.825 bits per heavy atom. The fraction of sp³-hybridized carbons (Fsp3) is 0.105.